The SMILES string of the molecule is COc1cc(CC(=O)Nc2cc([C@@H]3CC[C@H](N(C[C@@H]4CCCO4)C(=O)O)C3)[nH]n2)ccn1. The van der Waals surface area contributed by atoms with Crippen LogP contribution in [-0.2, 0) is 16.0 Å². The number of hydrogen-bond acceptors (Lipinski definition) is 6. The lowest BCUT2D eigenvalue weighted by Crippen LogP contribution is -2.42. The van der Waals surface area contributed by atoms with E-state index in [0.29, 0.717) is 24.8 Å². The van der Waals surface area contributed by atoms with Crippen LogP contribution in [0.3, 0.4) is 0 Å². The van der Waals surface area contributed by atoms with E-state index in [1.807, 2.05) is 6.07 Å². The van der Waals surface area contributed by atoms with Crippen molar-refractivity contribution in [3.63, 3.8) is 0 Å². The summed E-state index contributed by atoms with van der Waals surface area (Å²) in [5.41, 5.74) is 1.71. The van der Waals surface area contributed by atoms with Crippen molar-refractivity contribution < 1.29 is 24.2 Å². The van der Waals surface area contributed by atoms with Gasteiger partial charge >= 0.3 is 6.09 Å². The summed E-state index contributed by atoms with van der Waals surface area (Å²) in [6.07, 6.45) is 5.19. The summed E-state index contributed by atoms with van der Waals surface area (Å²) in [7, 11) is 1.53. The van der Waals surface area contributed by atoms with Crippen molar-refractivity contribution in [2.45, 2.75) is 56.6 Å². The van der Waals surface area contributed by atoms with Gasteiger partial charge in [0.15, 0.2) is 5.82 Å². The highest BCUT2D eigenvalue weighted by molar-refractivity contribution is 5.91. The average Bonchev–Trinajstić information content (AvgIpc) is 3.53. The molecule has 2 fully saturated rings. The number of nitrogens with one attached hydrogen (secondary N) is 2. The van der Waals surface area contributed by atoms with Gasteiger partial charge in [-0.25, -0.2) is 9.78 Å². The second-order valence-corrected chi connectivity index (χ2v) is 8.37. The molecular formula is C22H29N5O5. The number of rotatable bonds is 8. The Hall–Kier alpha value is -3.14. The summed E-state index contributed by atoms with van der Waals surface area (Å²) < 4.78 is 10.7. The van der Waals surface area contributed by atoms with E-state index >= 15 is 0 Å². The van der Waals surface area contributed by atoms with E-state index < -0.39 is 6.09 Å². The Kier molecular flexibility index (Phi) is 6.89. The second-order valence-electron chi connectivity index (χ2n) is 8.37. The number of H-pyrrole nitrogens is 1. The Labute approximate surface area is 186 Å². The lowest BCUT2D eigenvalue weighted by Gasteiger charge is -2.28. The van der Waals surface area contributed by atoms with Crippen molar-refractivity contribution in [2.75, 3.05) is 25.6 Å². The topological polar surface area (TPSA) is 130 Å². The normalized spacial score (nSPS) is 22.6. The molecule has 2 aromatic rings. The Balaban J connectivity index is 1.32. The maximum absolute atomic E-state index is 12.4. The number of aromatic nitrogens is 3. The molecule has 1 saturated carbocycles. The Morgan fingerprint density at radius 2 is 2.22 bits per heavy atom. The van der Waals surface area contributed by atoms with Crippen LogP contribution in [0.25, 0.3) is 0 Å². The van der Waals surface area contributed by atoms with Crippen LogP contribution in [0, 0.1) is 0 Å². The second kappa shape index (κ2) is 9.99. The minimum atomic E-state index is -0.892. The molecule has 1 saturated heterocycles. The fraction of sp³-hybridized carbons (Fsp3) is 0.545. The number of anilines is 1. The van der Waals surface area contributed by atoms with Crippen molar-refractivity contribution in [2.24, 2.45) is 0 Å². The Morgan fingerprint density at radius 1 is 1.34 bits per heavy atom. The van der Waals surface area contributed by atoms with Crippen LogP contribution in [0.5, 0.6) is 5.88 Å². The van der Waals surface area contributed by atoms with Crippen LogP contribution >= 0.6 is 0 Å². The van der Waals surface area contributed by atoms with Crippen LogP contribution in [0.15, 0.2) is 24.4 Å². The minimum absolute atomic E-state index is 0.000478. The number of amides is 2. The van der Waals surface area contributed by atoms with E-state index in [1.54, 1.807) is 18.3 Å². The van der Waals surface area contributed by atoms with Crippen LogP contribution in [0.2, 0.25) is 0 Å². The molecule has 10 nitrogen and oxygen atoms in total. The largest absolute Gasteiger partial charge is 0.481 e. The molecule has 3 atom stereocenters. The van der Waals surface area contributed by atoms with Gasteiger partial charge in [0, 0.05) is 42.6 Å². The summed E-state index contributed by atoms with van der Waals surface area (Å²) in [5.74, 6) is 0.912. The number of carboxylic acid groups (broad SMARTS) is 1. The predicted octanol–water partition coefficient (Wildman–Crippen LogP) is 2.79. The zero-order valence-corrected chi connectivity index (χ0v) is 18.1. The molecule has 4 rings (SSSR count). The molecule has 1 aliphatic heterocycles. The van der Waals surface area contributed by atoms with Gasteiger partial charge < -0.3 is 24.8 Å². The number of pyridine rings is 1. The molecule has 2 amide bonds. The van der Waals surface area contributed by atoms with Crippen LogP contribution < -0.4 is 10.1 Å². The number of methoxy groups -OCH3 is 1. The third kappa shape index (κ3) is 5.37. The van der Waals surface area contributed by atoms with E-state index in [1.165, 1.54) is 12.0 Å². The zero-order valence-electron chi connectivity index (χ0n) is 18.1. The van der Waals surface area contributed by atoms with E-state index in [0.717, 1.165) is 43.4 Å². The number of carbonyl (C=O) groups excluding carboxylic acids is 1. The molecular weight excluding hydrogens is 414 g/mol. The quantitative estimate of drug-likeness (QED) is 0.572. The summed E-state index contributed by atoms with van der Waals surface area (Å²) in [6.45, 7) is 1.14. The molecule has 0 radical (unpaired) electrons. The minimum Gasteiger partial charge on any atom is -0.481 e. The number of ether oxygens (including phenoxy) is 2. The number of hydrogen-bond donors (Lipinski definition) is 3. The lowest BCUT2D eigenvalue weighted by atomic mass is 10.0. The maximum Gasteiger partial charge on any atom is 0.407 e. The summed E-state index contributed by atoms with van der Waals surface area (Å²) in [5, 5.41) is 19.7. The van der Waals surface area contributed by atoms with Gasteiger partial charge in [0.1, 0.15) is 0 Å². The molecule has 32 heavy (non-hydrogen) atoms. The fourth-order valence-corrected chi connectivity index (χ4v) is 4.57. The van der Waals surface area contributed by atoms with Gasteiger partial charge in [0.05, 0.1) is 26.2 Å². The highest BCUT2D eigenvalue weighted by Crippen LogP contribution is 2.37. The van der Waals surface area contributed by atoms with Crippen LogP contribution in [0.4, 0.5) is 10.6 Å². The third-order valence-corrected chi connectivity index (χ3v) is 6.19. The number of carbonyl (C=O) groups is 2. The molecule has 0 spiro atoms. The van der Waals surface area contributed by atoms with Gasteiger partial charge in [-0.3, -0.25) is 9.89 Å². The molecule has 0 aromatic carbocycles. The molecule has 3 heterocycles. The first-order valence-corrected chi connectivity index (χ1v) is 11.0. The lowest BCUT2D eigenvalue weighted by molar-refractivity contribution is -0.115. The van der Waals surface area contributed by atoms with Crippen molar-refractivity contribution in [1.29, 1.82) is 0 Å². The molecule has 1 aliphatic carbocycles. The van der Waals surface area contributed by atoms with E-state index in [4.69, 9.17) is 9.47 Å². The first-order chi connectivity index (χ1) is 15.5. The molecule has 2 aliphatic rings. The fourth-order valence-electron chi connectivity index (χ4n) is 4.57. The first-order valence-electron chi connectivity index (χ1n) is 11.0. The summed E-state index contributed by atoms with van der Waals surface area (Å²) >= 11 is 0. The first kappa shape index (κ1) is 22.1. The Morgan fingerprint density at radius 3 is 2.97 bits per heavy atom. The summed E-state index contributed by atoms with van der Waals surface area (Å²) in [4.78, 5) is 29.8. The average molecular weight is 444 g/mol. The Bertz CT molecular complexity index is 942. The van der Waals surface area contributed by atoms with Gasteiger partial charge in [-0.1, -0.05) is 0 Å². The maximum atomic E-state index is 12.4. The highest BCUT2D eigenvalue weighted by atomic mass is 16.5. The molecule has 10 heteroatoms. The van der Waals surface area contributed by atoms with E-state index in [2.05, 4.69) is 20.5 Å². The van der Waals surface area contributed by atoms with Gasteiger partial charge in [0.25, 0.3) is 0 Å². The van der Waals surface area contributed by atoms with Crippen molar-refractivity contribution in [1.82, 2.24) is 20.1 Å². The van der Waals surface area contributed by atoms with Gasteiger partial charge in [-0.2, -0.15) is 5.10 Å². The van der Waals surface area contributed by atoms with Crippen LogP contribution in [-0.4, -0.2) is 69.6 Å². The monoisotopic (exact) mass is 443 g/mol. The number of nitrogens with zero attached hydrogens (tertiary/aromatic N) is 3. The smallest absolute Gasteiger partial charge is 0.407 e. The molecule has 0 bridgehead atoms. The summed E-state index contributed by atoms with van der Waals surface area (Å²) in [6, 6.07) is 5.29. The van der Waals surface area contributed by atoms with E-state index in [-0.39, 0.29) is 30.4 Å². The number of aromatic amines is 1. The molecule has 0 unspecified atom stereocenters. The molecule has 2 aromatic heterocycles. The van der Waals surface area contributed by atoms with Gasteiger partial charge in [0.2, 0.25) is 11.8 Å². The van der Waals surface area contributed by atoms with Crippen molar-refractivity contribution >= 4 is 17.8 Å². The molecule has 172 valence electrons. The van der Waals surface area contributed by atoms with Crippen molar-refractivity contribution in [3.8, 4) is 5.88 Å². The van der Waals surface area contributed by atoms with Crippen molar-refractivity contribution in [3.05, 3.63) is 35.7 Å². The van der Waals surface area contributed by atoms with Gasteiger partial charge in [-0.15, -0.1) is 0 Å². The zero-order chi connectivity index (χ0) is 22.5. The standard InChI is InChI=1S/C22H29N5O5/c1-31-21-10-14(6-7-23-21)9-20(28)24-19-12-18(25-26-19)15-4-5-16(11-15)27(22(29)30)13-17-3-2-8-32-17/h6-7,10,12,15-17H,2-5,8-9,11,13H2,1H3,(H,29,30)(H2,24,25,26,28)/t15-,16+,17+/m1/s1. The highest BCUT2D eigenvalue weighted by Gasteiger charge is 2.35. The van der Waals surface area contributed by atoms with Gasteiger partial charge in [-0.05, 0) is 43.7 Å². The van der Waals surface area contributed by atoms with E-state index in [9.17, 15) is 14.7 Å². The predicted molar refractivity (Wildman–Crippen MR) is 116 cm³/mol. The molecule has 3 N–H and O–H groups in total. The third-order valence-electron chi connectivity index (χ3n) is 6.19. The van der Waals surface area contributed by atoms with Crippen LogP contribution in [0.1, 0.15) is 49.3 Å².